The number of carbonyl (C=O) groups is 2. The van der Waals surface area contributed by atoms with Crippen LogP contribution in [0.1, 0.15) is 45.4 Å². The van der Waals surface area contributed by atoms with Crippen LogP contribution in [0.3, 0.4) is 0 Å². The molecule has 0 amide bonds. The lowest BCUT2D eigenvalue weighted by Crippen LogP contribution is -2.47. The lowest BCUT2D eigenvalue weighted by atomic mass is 9.73. The molecule has 1 aliphatic rings. The number of ketones is 2. The molecule has 1 aromatic carbocycles. The summed E-state index contributed by atoms with van der Waals surface area (Å²) in [6, 6.07) is 9.02. The maximum atomic E-state index is 12.8. The minimum atomic E-state index is -0.857. The van der Waals surface area contributed by atoms with Crippen LogP contribution in [-0.4, -0.2) is 22.9 Å². The Morgan fingerprint density at radius 1 is 1.42 bits per heavy atom. The summed E-state index contributed by atoms with van der Waals surface area (Å²) in [5.74, 6) is 0.540. The average Bonchev–Trinajstić information content (AvgIpc) is 2.63. The van der Waals surface area contributed by atoms with Crippen LogP contribution in [0.5, 0.6) is 5.75 Å². The molecule has 7 nitrogen and oxygen atoms in total. The van der Waals surface area contributed by atoms with Gasteiger partial charge in [-0.15, -0.1) is 4.33 Å². The fourth-order valence-electron chi connectivity index (χ4n) is 3.35. The van der Waals surface area contributed by atoms with Crippen LogP contribution in [0.25, 0.3) is 10.4 Å². The van der Waals surface area contributed by atoms with E-state index in [-0.39, 0.29) is 17.5 Å². The molecule has 1 aromatic rings. The van der Waals surface area contributed by atoms with E-state index in [1.54, 1.807) is 12.1 Å². The molecule has 0 spiro atoms. The zero-order valence-electron chi connectivity index (χ0n) is 14.8. The van der Waals surface area contributed by atoms with Gasteiger partial charge in [-0.05, 0) is 56.2 Å². The Bertz CT molecular complexity index is 664. The molecule has 0 N–H and O–H groups in total. The van der Waals surface area contributed by atoms with E-state index < -0.39 is 4.75 Å². The Morgan fingerprint density at radius 2 is 2.19 bits per heavy atom. The molecule has 1 aliphatic carbocycles. The SMILES string of the molecule is CC(=O)CC1CCCC(=O)C1(CCCN=[N+]=[N-])SOOc1ccccc1. The van der Waals surface area contributed by atoms with Crippen LogP contribution < -0.4 is 4.89 Å². The molecular weight excluding hydrogens is 354 g/mol. The van der Waals surface area contributed by atoms with Crippen LogP contribution in [0, 0.1) is 5.92 Å². The summed E-state index contributed by atoms with van der Waals surface area (Å²) in [5, 5.41) is 3.55. The fraction of sp³-hybridized carbons (Fsp3) is 0.556. The minimum Gasteiger partial charge on any atom is -0.325 e. The highest BCUT2D eigenvalue weighted by Crippen LogP contribution is 2.47. The average molecular weight is 377 g/mol. The van der Waals surface area contributed by atoms with E-state index in [1.165, 1.54) is 6.92 Å². The number of rotatable bonds is 10. The van der Waals surface area contributed by atoms with Gasteiger partial charge in [0.15, 0.2) is 11.5 Å². The number of carbonyl (C=O) groups excluding carboxylic acids is 2. The molecule has 0 heterocycles. The number of hydrogen-bond donors (Lipinski definition) is 0. The summed E-state index contributed by atoms with van der Waals surface area (Å²) in [7, 11) is 0. The zero-order valence-corrected chi connectivity index (χ0v) is 15.6. The highest BCUT2D eigenvalue weighted by Gasteiger charge is 2.49. The van der Waals surface area contributed by atoms with Crippen molar-refractivity contribution in [1.29, 1.82) is 0 Å². The maximum absolute atomic E-state index is 12.8. The predicted octanol–water partition coefficient (Wildman–Crippen LogP) is 4.82. The summed E-state index contributed by atoms with van der Waals surface area (Å²) in [5.41, 5.74) is 8.45. The fourth-order valence-corrected chi connectivity index (χ4v) is 4.34. The summed E-state index contributed by atoms with van der Waals surface area (Å²) < 4.78 is 4.53. The highest BCUT2D eigenvalue weighted by atomic mass is 32.2. The summed E-state index contributed by atoms with van der Waals surface area (Å²) in [6.07, 6.45) is 3.37. The van der Waals surface area contributed by atoms with Crippen molar-refractivity contribution in [3.8, 4) is 5.75 Å². The van der Waals surface area contributed by atoms with Gasteiger partial charge in [-0.3, -0.25) is 4.79 Å². The molecule has 0 bridgehead atoms. The first kappa shape index (κ1) is 20.3. The van der Waals surface area contributed by atoms with Crippen molar-refractivity contribution in [2.75, 3.05) is 6.54 Å². The van der Waals surface area contributed by atoms with Gasteiger partial charge in [-0.1, -0.05) is 23.3 Å². The maximum Gasteiger partial charge on any atom is 0.166 e. The van der Waals surface area contributed by atoms with Gasteiger partial charge < -0.3 is 9.68 Å². The molecule has 140 valence electrons. The largest absolute Gasteiger partial charge is 0.325 e. The number of Topliss-reactive ketones (excluding diaryl/α,β-unsaturated/α-hetero) is 2. The summed E-state index contributed by atoms with van der Waals surface area (Å²) in [6.45, 7) is 1.84. The quantitative estimate of drug-likeness (QED) is 0.111. The third kappa shape index (κ3) is 5.49. The third-order valence-corrected chi connectivity index (χ3v) is 5.75. The second-order valence-corrected chi connectivity index (χ2v) is 7.44. The van der Waals surface area contributed by atoms with Crippen molar-refractivity contribution in [2.45, 2.75) is 50.2 Å². The summed E-state index contributed by atoms with van der Waals surface area (Å²) >= 11 is 0.997. The lowest BCUT2D eigenvalue weighted by molar-refractivity contribution is -0.128. The van der Waals surface area contributed by atoms with E-state index in [0.29, 0.717) is 38.0 Å². The van der Waals surface area contributed by atoms with Crippen molar-refractivity contribution in [1.82, 2.24) is 0 Å². The van der Waals surface area contributed by atoms with Crippen molar-refractivity contribution < 1.29 is 18.8 Å². The van der Waals surface area contributed by atoms with Crippen molar-refractivity contribution in [3.63, 3.8) is 0 Å². The van der Waals surface area contributed by atoms with Crippen LogP contribution >= 0.6 is 12.0 Å². The Morgan fingerprint density at radius 3 is 2.88 bits per heavy atom. The van der Waals surface area contributed by atoms with Gasteiger partial charge in [0, 0.05) is 24.3 Å². The molecule has 26 heavy (non-hydrogen) atoms. The predicted molar refractivity (Wildman–Crippen MR) is 99.4 cm³/mol. The molecule has 2 rings (SSSR count). The molecule has 0 aliphatic heterocycles. The number of para-hydroxylation sites is 1. The number of nitrogens with zero attached hydrogens (tertiary/aromatic N) is 3. The molecule has 2 unspecified atom stereocenters. The molecule has 0 saturated heterocycles. The van der Waals surface area contributed by atoms with Gasteiger partial charge in [0.25, 0.3) is 0 Å². The first-order valence-corrected chi connectivity index (χ1v) is 9.43. The third-order valence-electron chi connectivity index (χ3n) is 4.55. The minimum absolute atomic E-state index is 0.0497. The van der Waals surface area contributed by atoms with Crippen molar-refractivity contribution >= 4 is 23.6 Å². The molecule has 2 atom stereocenters. The molecule has 0 aromatic heterocycles. The van der Waals surface area contributed by atoms with Gasteiger partial charge in [0.1, 0.15) is 10.5 Å². The monoisotopic (exact) mass is 377 g/mol. The van der Waals surface area contributed by atoms with Crippen molar-refractivity contribution in [2.24, 2.45) is 11.0 Å². The molecule has 8 heteroatoms. The lowest BCUT2D eigenvalue weighted by Gasteiger charge is -2.40. The Kier molecular flexibility index (Phi) is 7.97. The molecule has 1 saturated carbocycles. The van der Waals surface area contributed by atoms with Gasteiger partial charge in [0.05, 0.1) is 12.0 Å². The van der Waals surface area contributed by atoms with Crippen LogP contribution in [-0.2, 0) is 13.9 Å². The van der Waals surface area contributed by atoms with E-state index in [1.807, 2.05) is 18.2 Å². The Balaban J connectivity index is 2.13. The molecular formula is C18H23N3O4S. The summed E-state index contributed by atoms with van der Waals surface area (Å²) in [4.78, 5) is 32.6. The number of benzene rings is 1. The van der Waals surface area contributed by atoms with Crippen LogP contribution in [0.4, 0.5) is 0 Å². The number of azide groups is 1. The van der Waals surface area contributed by atoms with E-state index in [4.69, 9.17) is 14.8 Å². The van der Waals surface area contributed by atoms with Crippen molar-refractivity contribution in [3.05, 3.63) is 40.8 Å². The topological polar surface area (TPSA) is 101 Å². The molecule has 1 fully saturated rings. The smallest absolute Gasteiger partial charge is 0.166 e. The van der Waals surface area contributed by atoms with Gasteiger partial charge in [-0.2, -0.15) is 0 Å². The van der Waals surface area contributed by atoms with Gasteiger partial charge >= 0.3 is 0 Å². The number of hydrogen-bond acceptors (Lipinski definition) is 6. The van der Waals surface area contributed by atoms with E-state index in [0.717, 1.165) is 24.9 Å². The molecule has 0 radical (unpaired) electrons. The normalized spacial score (nSPS) is 22.5. The van der Waals surface area contributed by atoms with E-state index in [2.05, 4.69) is 10.0 Å². The van der Waals surface area contributed by atoms with E-state index >= 15 is 0 Å². The second-order valence-electron chi connectivity index (χ2n) is 6.41. The first-order valence-electron chi connectivity index (χ1n) is 8.69. The van der Waals surface area contributed by atoms with Crippen LogP contribution in [0.15, 0.2) is 35.4 Å². The van der Waals surface area contributed by atoms with Gasteiger partial charge in [0.2, 0.25) is 0 Å². The standard InChI is InChI=1S/C18H23N3O4S/c1-14(22)13-15-7-5-10-17(23)18(15,11-6-12-20-21-19)26-25-24-16-8-3-2-4-9-16/h2-4,8-9,15H,5-7,10-13H2,1H3. The van der Waals surface area contributed by atoms with Gasteiger partial charge in [-0.25, -0.2) is 0 Å². The van der Waals surface area contributed by atoms with E-state index in [9.17, 15) is 9.59 Å². The highest BCUT2D eigenvalue weighted by molar-refractivity contribution is 7.96. The first-order chi connectivity index (χ1) is 12.6. The Hall–Kier alpha value is -2.02. The second kappa shape index (κ2) is 10.2. The van der Waals surface area contributed by atoms with Crippen LogP contribution in [0.2, 0.25) is 0 Å². The zero-order chi connectivity index (χ0) is 18.8. The Labute approximate surface area is 157 Å².